The van der Waals surface area contributed by atoms with Gasteiger partial charge in [0.1, 0.15) is 0 Å². The third kappa shape index (κ3) is 3.55. The molecule has 0 aromatic carbocycles. The Morgan fingerprint density at radius 2 is 2.00 bits per heavy atom. The number of amides is 1. The number of nitrogens with zero attached hydrogens (tertiary/aromatic N) is 3. The van der Waals surface area contributed by atoms with Crippen LogP contribution in [0, 0.1) is 17.7 Å². The zero-order chi connectivity index (χ0) is 19.0. The molecule has 3 aliphatic rings. The fourth-order valence-electron chi connectivity index (χ4n) is 4.95. The van der Waals surface area contributed by atoms with E-state index >= 15 is 0 Å². The SMILES string of the molecule is O=C(C1CCCC1)N1CC[C@]2(O)CCN(c3cc(CO)ncc3F)C[C@@H]2C1. The van der Waals surface area contributed by atoms with Gasteiger partial charge in [-0.2, -0.15) is 0 Å². The Morgan fingerprint density at radius 1 is 1.26 bits per heavy atom. The topological polar surface area (TPSA) is 76.9 Å². The molecule has 1 aliphatic carbocycles. The minimum absolute atomic E-state index is 0.101. The van der Waals surface area contributed by atoms with Crippen LogP contribution in [0.3, 0.4) is 0 Å². The second-order valence-electron chi connectivity index (χ2n) is 8.30. The number of aromatic nitrogens is 1. The van der Waals surface area contributed by atoms with Crippen molar-refractivity contribution in [2.45, 2.75) is 50.7 Å². The van der Waals surface area contributed by atoms with Crippen molar-refractivity contribution in [3.8, 4) is 0 Å². The largest absolute Gasteiger partial charge is 0.390 e. The molecule has 148 valence electrons. The van der Waals surface area contributed by atoms with Crippen LogP contribution in [0.15, 0.2) is 12.3 Å². The number of aliphatic hydroxyl groups excluding tert-OH is 1. The Kier molecular flexibility index (Phi) is 5.07. The molecule has 0 radical (unpaired) electrons. The smallest absolute Gasteiger partial charge is 0.225 e. The average Bonchev–Trinajstić information content (AvgIpc) is 3.22. The normalized spacial score (nSPS) is 29.1. The van der Waals surface area contributed by atoms with Gasteiger partial charge in [0, 0.05) is 38.0 Å². The zero-order valence-electron chi connectivity index (χ0n) is 15.6. The van der Waals surface area contributed by atoms with Crippen LogP contribution in [0.5, 0.6) is 0 Å². The molecule has 3 heterocycles. The molecule has 7 heteroatoms. The number of fused-ring (bicyclic) bond motifs is 1. The van der Waals surface area contributed by atoms with Crippen molar-refractivity contribution in [3.05, 3.63) is 23.8 Å². The molecule has 6 nitrogen and oxygen atoms in total. The van der Waals surface area contributed by atoms with Gasteiger partial charge >= 0.3 is 0 Å². The van der Waals surface area contributed by atoms with Crippen LogP contribution in [0.2, 0.25) is 0 Å². The molecule has 1 aromatic rings. The maximum Gasteiger partial charge on any atom is 0.225 e. The van der Waals surface area contributed by atoms with Gasteiger partial charge in [-0.15, -0.1) is 0 Å². The number of anilines is 1. The van der Waals surface area contributed by atoms with Crippen molar-refractivity contribution in [2.75, 3.05) is 31.1 Å². The molecular formula is C20H28FN3O3. The lowest BCUT2D eigenvalue weighted by Gasteiger charge is -2.51. The number of rotatable bonds is 3. The summed E-state index contributed by atoms with van der Waals surface area (Å²) in [7, 11) is 0. The lowest BCUT2D eigenvalue weighted by atomic mass is 9.75. The van der Waals surface area contributed by atoms with Gasteiger partial charge in [-0.1, -0.05) is 12.8 Å². The Labute approximate surface area is 159 Å². The van der Waals surface area contributed by atoms with E-state index in [0.717, 1.165) is 31.9 Å². The number of pyridine rings is 1. The number of carbonyl (C=O) groups is 1. The minimum atomic E-state index is -0.785. The highest BCUT2D eigenvalue weighted by atomic mass is 19.1. The summed E-state index contributed by atoms with van der Waals surface area (Å²) in [5.41, 5.74) is 0.0518. The number of halogens is 1. The molecule has 1 aromatic heterocycles. The van der Waals surface area contributed by atoms with E-state index in [4.69, 9.17) is 0 Å². The Bertz CT molecular complexity index is 710. The third-order valence-corrected chi connectivity index (χ3v) is 6.68. The fraction of sp³-hybridized carbons (Fsp3) is 0.700. The van der Waals surface area contributed by atoms with Crippen molar-refractivity contribution in [1.82, 2.24) is 9.88 Å². The summed E-state index contributed by atoms with van der Waals surface area (Å²) in [5, 5.41) is 20.4. The molecule has 0 bridgehead atoms. The Morgan fingerprint density at radius 3 is 2.74 bits per heavy atom. The second-order valence-corrected chi connectivity index (χ2v) is 8.30. The van der Waals surface area contributed by atoms with Gasteiger partial charge in [0.15, 0.2) is 5.82 Å². The zero-order valence-corrected chi connectivity index (χ0v) is 15.6. The molecule has 2 aliphatic heterocycles. The van der Waals surface area contributed by atoms with E-state index in [9.17, 15) is 19.4 Å². The van der Waals surface area contributed by atoms with E-state index in [1.54, 1.807) is 6.07 Å². The van der Waals surface area contributed by atoms with E-state index in [2.05, 4.69) is 4.98 Å². The quantitative estimate of drug-likeness (QED) is 0.838. The molecule has 2 N–H and O–H groups in total. The molecule has 3 fully saturated rings. The Balaban J connectivity index is 1.49. The van der Waals surface area contributed by atoms with Gasteiger partial charge in [-0.3, -0.25) is 9.78 Å². The summed E-state index contributed by atoms with van der Waals surface area (Å²) in [4.78, 5) is 20.5. The monoisotopic (exact) mass is 377 g/mol. The maximum absolute atomic E-state index is 14.3. The molecular weight excluding hydrogens is 349 g/mol. The lowest BCUT2D eigenvalue weighted by Crippen LogP contribution is -2.61. The van der Waals surface area contributed by atoms with Crippen LogP contribution in [-0.2, 0) is 11.4 Å². The summed E-state index contributed by atoms with van der Waals surface area (Å²) in [5.74, 6) is -0.159. The molecule has 1 saturated carbocycles. The van der Waals surface area contributed by atoms with Crippen LogP contribution in [0.4, 0.5) is 10.1 Å². The van der Waals surface area contributed by atoms with Gasteiger partial charge in [0.2, 0.25) is 5.91 Å². The highest BCUT2D eigenvalue weighted by Gasteiger charge is 2.47. The summed E-state index contributed by atoms with van der Waals surface area (Å²) in [6.45, 7) is 1.95. The van der Waals surface area contributed by atoms with Gasteiger partial charge in [-0.25, -0.2) is 4.39 Å². The van der Waals surface area contributed by atoms with E-state index in [0.29, 0.717) is 50.4 Å². The van der Waals surface area contributed by atoms with Crippen molar-refractivity contribution in [3.63, 3.8) is 0 Å². The number of carbonyl (C=O) groups excluding carboxylic acids is 1. The molecule has 0 spiro atoms. The minimum Gasteiger partial charge on any atom is -0.390 e. The van der Waals surface area contributed by atoms with E-state index in [1.807, 2.05) is 9.80 Å². The molecule has 0 unspecified atom stereocenters. The van der Waals surface area contributed by atoms with Crippen LogP contribution < -0.4 is 4.90 Å². The standard InChI is InChI=1S/C20H28FN3O3/c21-17-10-22-16(13-25)9-18(17)23-7-5-20(27)6-8-24(12-15(20)11-23)19(26)14-3-1-2-4-14/h9-10,14-15,25,27H,1-8,11-13H2/t15-,20-/m1/s1. The average molecular weight is 377 g/mol. The molecule has 2 saturated heterocycles. The van der Waals surface area contributed by atoms with Crippen LogP contribution in [0.1, 0.15) is 44.2 Å². The van der Waals surface area contributed by atoms with Crippen molar-refractivity contribution in [2.24, 2.45) is 11.8 Å². The number of hydrogen-bond donors (Lipinski definition) is 2. The molecule has 1 amide bonds. The van der Waals surface area contributed by atoms with E-state index < -0.39 is 11.4 Å². The lowest BCUT2D eigenvalue weighted by molar-refractivity contribution is -0.145. The first-order valence-corrected chi connectivity index (χ1v) is 10.0. The highest BCUT2D eigenvalue weighted by Crippen LogP contribution is 2.38. The summed E-state index contributed by atoms with van der Waals surface area (Å²) in [6, 6.07) is 1.57. The molecule has 4 rings (SSSR count). The highest BCUT2D eigenvalue weighted by molar-refractivity contribution is 5.79. The fourth-order valence-corrected chi connectivity index (χ4v) is 4.95. The van der Waals surface area contributed by atoms with Gasteiger partial charge in [-0.05, 0) is 31.7 Å². The number of hydrogen-bond acceptors (Lipinski definition) is 5. The summed E-state index contributed by atoms with van der Waals surface area (Å²) in [6.07, 6.45) is 6.48. The number of likely N-dealkylation sites (tertiary alicyclic amines) is 1. The first-order chi connectivity index (χ1) is 13.0. The number of aliphatic hydroxyl groups is 2. The third-order valence-electron chi connectivity index (χ3n) is 6.68. The molecule has 2 atom stereocenters. The number of piperidine rings is 2. The first kappa shape index (κ1) is 18.6. The van der Waals surface area contributed by atoms with Crippen molar-refractivity contribution >= 4 is 11.6 Å². The van der Waals surface area contributed by atoms with Crippen molar-refractivity contribution < 1.29 is 19.4 Å². The van der Waals surface area contributed by atoms with Gasteiger partial charge in [0.05, 0.1) is 29.8 Å². The van der Waals surface area contributed by atoms with E-state index in [1.165, 1.54) is 0 Å². The predicted molar refractivity (Wildman–Crippen MR) is 98.5 cm³/mol. The maximum atomic E-state index is 14.3. The van der Waals surface area contributed by atoms with Crippen LogP contribution in [-0.4, -0.2) is 57.8 Å². The van der Waals surface area contributed by atoms with Crippen LogP contribution in [0.25, 0.3) is 0 Å². The van der Waals surface area contributed by atoms with Gasteiger partial charge in [0.25, 0.3) is 0 Å². The summed E-state index contributed by atoms with van der Waals surface area (Å²) >= 11 is 0. The van der Waals surface area contributed by atoms with Crippen molar-refractivity contribution in [1.29, 1.82) is 0 Å². The van der Waals surface area contributed by atoms with Crippen LogP contribution >= 0.6 is 0 Å². The second kappa shape index (κ2) is 7.36. The molecule has 27 heavy (non-hydrogen) atoms. The summed E-state index contributed by atoms with van der Waals surface area (Å²) < 4.78 is 14.3. The predicted octanol–water partition coefficient (Wildman–Crippen LogP) is 1.69. The van der Waals surface area contributed by atoms with E-state index in [-0.39, 0.29) is 24.3 Å². The Hall–Kier alpha value is -1.73. The first-order valence-electron chi connectivity index (χ1n) is 10.0. The van der Waals surface area contributed by atoms with Gasteiger partial charge < -0.3 is 20.0 Å².